The quantitative estimate of drug-likeness (QED) is 0.636. The Bertz CT molecular complexity index is 1100. The van der Waals surface area contributed by atoms with Gasteiger partial charge < -0.3 is 19.3 Å². The maximum atomic E-state index is 13.1. The average molecular weight is 419 g/mol. The van der Waals surface area contributed by atoms with E-state index >= 15 is 0 Å². The molecule has 1 saturated heterocycles. The van der Waals surface area contributed by atoms with E-state index in [4.69, 9.17) is 9.47 Å². The summed E-state index contributed by atoms with van der Waals surface area (Å²) in [5, 5.41) is 0. The summed E-state index contributed by atoms with van der Waals surface area (Å²) < 4.78 is 11.9. The molecule has 1 fully saturated rings. The van der Waals surface area contributed by atoms with Gasteiger partial charge in [0.15, 0.2) is 0 Å². The molecular weight excluding hydrogens is 394 g/mol. The van der Waals surface area contributed by atoms with E-state index in [2.05, 4.69) is 4.90 Å². The summed E-state index contributed by atoms with van der Waals surface area (Å²) in [6.45, 7) is 2.73. The maximum absolute atomic E-state index is 13.1. The van der Waals surface area contributed by atoms with Gasteiger partial charge in [-0.05, 0) is 54.6 Å². The minimum absolute atomic E-state index is 0.0726. The Balaban J connectivity index is 1.46. The zero-order chi connectivity index (χ0) is 21.8. The van der Waals surface area contributed by atoms with Gasteiger partial charge in [0, 0.05) is 49.8 Å². The average Bonchev–Trinajstić information content (AvgIpc) is 2.84. The molecule has 0 saturated carbocycles. The number of pyridine rings is 1. The lowest BCUT2D eigenvalue weighted by Gasteiger charge is -2.36. The summed E-state index contributed by atoms with van der Waals surface area (Å²) in [6, 6.07) is 18.1. The number of carbonyl (C=O) groups excluding carboxylic acids is 1. The van der Waals surface area contributed by atoms with Gasteiger partial charge in [-0.25, -0.2) is 0 Å². The molecule has 160 valence electrons. The van der Waals surface area contributed by atoms with Crippen LogP contribution in [0.3, 0.4) is 0 Å². The van der Waals surface area contributed by atoms with Gasteiger partial charge in [-0.15, -0.1) is 0 Å². The summed E-state index contributed by atoms with van der Waals surface area (Å²) in [6.07, 6.45) is 1.61. The number of amides is 1. The normalized spacial score (nSPS) is 13.7. The molecule has 0 radical (unpaired) electrons. The molecule has 0 aliphatic carbocycles. The number of piperazine rings is 1. The second kappa shape index (κ2) is 8.95. The van der Waals surface area contributed by atoms with Gasteiger partial charge in [-0.3, -0.25) is 14.2 Å². The van der Waals surface area contributed by atoms with E-state index in [1.807, 2.05) is 29.2 Å². The van der Waals surface area contributed by atoms with Crippen LogP contribution in [-0.4, -0.2) is 55.8 Å². The maximum Gasteiger partial charge on any atom is 0.255 e. The SMILES string of the molecule is COc1ccc(N2CCN(C(=O)c3ccc(=O)n(-c4ccc(OC)cc4)c3)CC2)cc1. The lowest BCUT2D eigenvalue weighted by atomic mass is 10.2. The van der Waals surface area contributed by atoms with Crippen molar-refractivity contribution in [3.05, 3.63) is 82.8 Å². The van der Waals surface area contributed by atoms with Gasteiger partial charge in [0.1, 0.15) is 11.5 Å². The molecule has 0 N–H and O–H groups in total. The smallest absolute Gasteiger partial charge is 0.255 e. The zero-order valence-electron chi connectivity index (χ0n) is 17.7. The predicted molar refractivity (Wildman–Crippen MR) is 120 cm³/mol. The predicted octanol–water partition coefficient (Wildman–Crippen LogP) is 2.82. The van der Waals surface area contributed by atoms with Crippen molar-refractivity contribution in [1.82, 2.24) is 9.47 Å². The summed E-state index contributed by atoms with van der Waals surface area (Å²) in [7, 11) is 3.24. The Hall–Kier alpha value is -3.74. The molecule has 1 aliphatic rings. The van der Waals surface area contributed by atoms with Crippen LogP contribution in [0.2, 0.25) is 0 Å². The summed E-state index contributed by atoms with van der Waals surface area (Å²) in [4.78, 5) is 29.5. The van der Waals surface area contributed by atoms with Gasteiger partial charge >= 0.3 is 0 Å². The number of ether oxygens (including phenoxy) is 2. The van der Waals surface area contributed by atoms with E-state index in [0.717, 1.165) is 24.5 Å². The number of anilines is 1. The van der Waals surface area contributed by atoms with Crippen LogP contribution in [0, 0.1) is 0 Å². The highest BCUT2D eigenvalue weighted by Crippen LogP contribution is 2.21. The molecule has 2 heterocycles. The topological polar surface area (TPSA) is 64.0 Å². The van der Waals surface area contributed by atoms with Gasteiger partial charge in [0.2, 0.25) is 0 Å². The number of aromatic nitrogens is 1. The third-order valence-electron chi connectivity index (χ3n) is 5.51. The first-order valence-corrected chi connectivity index (χ1v) is 10.1. The summed E-state index contributed by atoms with van der Waals surface area (Å²) in [5.41, 5.74) is 2.10. The van der Waals surface area contributed by atoms with Crippen LogP contribution in [0.5, 0.6) is 11.5 Å². The summed E-state index contributed by atoms with van der Waals surface area (Å²) >= 11 is 0. The molecule has 1 aromatic heterocycles. The standard InChI is InChI=1S/C24H25N3O4/c1-30-21-8-4-19(5-9-21)25-13-15-26(16-14-25)24(29)18-3-12-23(28)27(17-18)20-6-10-22(31-2)11-7-20/h3-12,17H,13-16H2,1-2H3. The Morgan fingerprint density at radius 1 is 0.742 bits per heavy atom. The van der Waals surface area contributed by atoms with Crippen LogP contribution in [0.15, 0.2) is 71.7 Å². The van der Waals surface area contributed by atoms with Crippen LogP contribution in [0.1, 0.15) is 10.4 Å². The molecule has 4 rings (SSSR count). The molecule has 0 atom stereocenters. The van der Waals surface area contributed by atoms with Gasteiger partial charge in [0.25, 0.3) is 11.5 Å². The molecule has 1 amide bonds. The third-order valence-corrected chi connectivity index (χ3v) is 5.51. The van der Waals surface area contributed by atoms with E-state index in [-0.39, 0.29) is 11.5 Å². The molecular formula is C24H25N3O4. The van der Waals surface area contributed by atoms with Gasteiger partial charge in [-0.2, -0.15) is 0 Å². The summed E-state index contributed by atoms with van der Waals surface area (Å²) in [5.74, 6) is 1.46. The molecule has 1 aliphatic heterocycles. The fourth-order valence-electron chi connectivity index (χ4n) is 3.70. The highest BCUT2D eigenvalue weighted by atomic mass is 16.5. The minimum atomic E-state index is -0.189. The highest BCUT2D eigenvalue weighted by Gasteiger charge is 2.23. The lowest BCUT2D eigenvalue weighted by molar-refractivity contribution is 0.0746. The van der Waals surface area contributed by atoms with Crippen molar-refractivity contribution < 1.29 is 14.3 Å². The van der Waals surface area contributed by atoms with Gasteiger partial charge in [-0.1, -0.05) is 0 Å². The van der Waals surface area contributed by atoms with E-state index in [9.17, 15) is 9.59 Å². The van der Waals surface area contributed by atoms with E-state index in [1.54, 1.807) is 50.7 Å². The number of hydrogen-bond donors (Lipinski definition) is 0. The van der Waals surface area contributed by atoms with Crippen molar-refractivity contribution in [2.75, 3.05) is 45.3 Å². The number of nitrogens with zero attached hydrogens (tertiary/aromatic N) is 3. The number of carbonyl (C=O) groups is 1. The molecule has 7 heteroatoms. The van der Waals surface area contributed by atoms with Crippen molar-refractivity contribution in [3.8, 4) is 17.2 Å². The second-order valence-corrected chi connectivity index (χ2v) is 7.30. The molecule has 0 bridgehead atoms. The molecule has 7 nitrogen and oxygen atoms in total. The van der Waals surface area contributed by atoms with Gasteiger partial charge in [0.05, 0.1) is 19.8 Å². The largest absolute Gasteiger partial charge is 0.497 e. The monoisotopic (exact) mass is 419 g/mol. The Morgan fingerprint density at radius 2 is 1.29 bits per heavy atom. The second-order valence-electron chi connectivity index (χ2n) is 7.30. The zero-order valence-corrected chi connectivity index (χ0v) is 17.7. The highest BCUT2D eigenvalue weighted by molar-refractivity contribution is 5.94. The van der Waals surface area contributed by atoms with E-state index in [0.29, 0.717) is 30.1 Å². The first kappa shape index (κ1) is 20.5. The van der Waals surface area contributed by atoms with Crippen molar-refractivity contribution in [1.29, 1.82) is 0 Å². The van der Waals surface area contributed by atoms with Crippen LogP contribution >= 0.6 is 0 Å². The fraction of sp³-hybridized carbons (Fsp3) is 0.250. The molecule has 0 unspecified atom stereocenters. The molecule has 3 aromatic rings. The van der Waals surface area contributed by atoms with Crippen LogP contribution < -0.4 is 19.9 Å². The van der Waals surface area contributed by atoms with Crippen molar-refractivity contribution in [2.45, 2.75) is 0 Å². The first-order valence-electron chi connectivity index (χ1n) is 10.1. The number of rotatable bonds is 5. The number of hydrogen-bond acceptors (Lipinski definition) is 5. The molecule has 0 spiro atoms. The van der Waals surface area contributed by atoms with Crippen LogP contribution in [0.25, 0.3) is 5.69 Å². The lowest BCUT2D eigenvalue weighted by Crippen LogP contribution is -2.49. The van der Waals surface area contributed by atoms with E-state index < -0.39 is 0 Å². The Labute approximate surface area is 181 Å². The van der Waals surface area contributed by atoms with Crippen molar-refractivity contribution >= 4 is 11.6 Å². The van der Waals surface area contributed by atoms with Crippen LogP contribution in [-0.2, 0) is 0 Å². The Kier molecular flexibility index (Phi) is 5.93. The minimum Gasteiger partial charge on any atom is -0.497 e. The number of benzene rings is 2. The van der Waals surface area contributed by atoms with Crippen LogP contribution in [0.4, 0.5) is 5.69 Å². The fourth-order valence-corrected chi connectivity index (χ4v) is 3.70. The van der Waals surface area contributed by atoms with Crippen molar-refractivity contribution in [2.24, 2.45) is 0 Å². The van der Waals surface area contributed by atoms with Crippen molar-refractivity contribution in [3.63, 3.8) is 0 Å². The third kappa shape index (κ3) is 4.40. The number of methoxy groups -OCH3 is 2. The van der Waals surface area contributed by atoms with E-state index in [1.165, 1.54) is 10.6 Å². The Morgan fingerprint density at radius 3 is 1.84 bits per heavy atom. The first-order chi connectivity index (χ1) is 15.1. The molecule has 31 heavy (non-hydrogen) atoms. The molecule has 2 aromatic carbocycles.